The molecule has 92 valence electrons. The highest BCUT2D eigenvalue weighted by Crippen LogP contribution is 2.27. The fourth-order valence-corrected chi connectivity index (χ4v) is 1.59. The molecule has 0 spiro atoms. The quantitative estimate of drug-likeness (QED) is 0.823. The van der Waals surface area contributed by atoms with Gasteiger partial charge in [0.2, 0.25) is 6.41 Å². The minimum atomic E-state index is 0.404. The van der Waals surface area contributed by atoms with Crippen molar-refractivity contribution in [3.63, 3.8) is 0 Å². The number of carbonyl (C=O) groups excluding carboxylic acids is 1. The molecule has 2 heterocycles. The van der Waals surface area contributed by atoms with Gasteiger partial charge in [0.15, 0.2) is 0 Å². The Kier molecular flexibility index (Phi) is 3.69. The molecule has 0 aliphatic rings. The predicted octanol–water partition coefficient (Wildman–Crippen LogP) is 1.80. The number of carbonyl (C=O) groups is 1. The van der Waals surface area contributed by atoms with Crippen LogP contribution in [-0.2, 0) is 4.79 Å². The highest BCUT2D eigenvalue weighted by molar-refractivity contribution is 6.33. The van der Waals surface area contributed by atoms with Crippen molar-refractivity contribution in [1.82, 2.24) is 15.0 Å². The van der Waals surface area contributed by atoms with Crippen molar-refractivity contribution >= 4 is 29.6 Å². The number of rotatable bonds is 4. The van der Waals surface area contributed by atoms with Crippen molar-refractivity contribution in [3.05, 3.63) is 29.7 Å². The molecule has 6 nitrogen and oxygen atoms in total. The Morgan fingerprint density at radius 1 is 1.28 bits per heavy atom. The lowest BCUT2D eigenvalue weighted by molar-refractivity contribution is -0.105. The monoisotopic (exact) mass is 263 g/mol. The molecule has 0 aliphatic heterocycles. The molecular formula is C11H10ClN5O. The molecule has 0 fully saturated rings. The van der Waals surface area contributed by atoms with Gasteiger partial charge in [-0.05, 0) is 6.07 Å². The normalized spacial score (nSPS) is 9.89. The second-order valence-electron chi connectivity index (χ2n) is 3.35. The van der Waals surface area contributed by atoms with Crippen LogP contribution in [0.3, 0.4) is 0 Å². The molecule has 0 radical (unpaired) electrons. The Labute approximate surface area is 108 Å². The number of pyridine rings is 1. The average molecular weight is 264 g/mol. The lowest BCUT2D eigenvalue weighted by atomic mass is 10.2. The van der Waals surface area contributed by atoms with Gasteiger partial charge in [0.1, 0.15) is 11.6 Å². The number of nitrogens with one attached hydrogen (secondary N) is 2. The van der Waals surface area contributed by atoms with E-state index in [1.165, 1.54) is 6.20 Å². The highest BCUT2D eigenvalue weighted by Gasteiger charge is 2.08. The molecule has 18 heavy (non-hydrogen) atoms. The number of anilines is 2. The van der Waals surface area contributed by atoms with Crippen LogP contribution in [0.25, 0.3) is 11.3 Å². The summed E-state index contributed by atoms with van der Waals surface area (Å²) in [5.74, 6) is 1.03. The number of halogens is 1. The van der Waals surface area contributed by atoms with Gasteiger partial charge in [-0.25, -0.2) is 9.97 Å². The van der Waals surface area contributed by atoms with Crippen molar-refractivity contribution in [2.75, 3.05) is 17.7 Å². The lowest BCUT2D eigenvalue weighted by Crippen LogP contribution is -1.99. The lowest BCUT2D eigenvalue weighted by Gasteiger charge is -2.06. The Hall–Kier alpha value is -2.21. The molecule has 0 saturated heterocycles. The van der Waals surface area contributed by atoms with E-state index in [9.17, 15) is 4.79 Å². The van der Waals surface area contributed by atoms with Crippen molar-refractivity contribution < 1.29 is 4.79 Å². The summed E-state index contributed by atoms with van der Waals surface area (Å²) in [7, 11) is 1.75. The topological polar surface area (TPSA) is 79.8 Å². The van der Waals surface area contributed by atoms with Crippen LogP contribution in [0, 0.1) is 0 Å². The molecule has 0 aromatic carbocycles. The van der Waals surface area contributed by atoms with Crippen LogP contribution in [0.15, 0.2) is 24.7 Å². The fourth-order valence-electron chi connectivity index (χ4n) is 1.39. The van der Waals surface area contributed by atoms with Gasteiger partial charge in [0.25, 0.3) is 0 Å². The zero-order valence-electron chi connectivity index (χ0n) is 9.51. The Morgan fingerprint density at radius 3 is 2.83 bits per heavy atom. The Balaban J connectivity index is 2.47. The maximum absolute atomic E-state index is 10.4. The summed E-state index contributed by atoms with van der Waals surface area (Å²) < 4.78 is 0. The molecule has 2 N–H and O–H groups in total. The summed E-state index contributed by atoms with van der Waals surface area (Å²) in [5, 5.41) is 5.79. The third kappa shape index (κ3) is 2.54. The van der Waals surface area contributed by atoms with Crippen LogP contribution in [0.4, 0.5) is 11.6 Å². The zero-order chi connectivity index (χ0) is 13.0. The fraction of sp³-hybridized carbons (Fsp3) is 0.0909. The molecule has 0 saturated carbocycles. The zero-order valence-corrected chi connectivity index (χ0v) is 10.3. The van der Waals surface area contributed by atoms with Gasteiger partial charge in [-0.15, -0.1) is 0 Å². The van der Waals surface area contributed by atoms with Crippen LogP contribution in [0.1, 0.15) is 0 Å². The van der Waals surface area contributed by atoms with Gasteiger partial charge in [0, 0.05) is 18.8 Å². The highest BCUT2D eigenvalue weighted by atomic mass is 35.5. The number of aromatic nitrogens is 3. The van der Waals surface area contributed by atoms with Crippen molar-refractivity contribution in [2.45, 2.75) is 0 Å². The van der Waals surface area contributed by atoms with Gasteiger partial charge >= 0.3 is 0 Å². The molecular weight excluding hydrogens is 254 g/mol. The smallest absolute Gasteiger partial charge is 0.212 e. The molecule has 2 rings (SSSR count). The number of hydrogen-bond donors (Lipinski definition) is 2. The summed E-state index contributed by atoms with van der Waals surface area (Å²) in [6.07, 6.45) is 5.20. The molecule has 0 aliphatic carbocycles. The standard InChI is InChI=1S/C11H10ClN5O/c1-13-11-5-14-4-9(17-11)7-2-10(16-6-18)15-3-8(7)12/h2-6H,1H3,(H,13,17)(H,15,16,18). The molecule has 0 atom stereocenters. The van der Waals surface area contributed by atoms with Crippen LogP contribution < -0.4 is 10.6 Å². The minimum Gasteiger partial charge on any atom is -0.372 e. The molecule has 7 heteroatoms. The third-order valence-electron chi connectivity index (χ3n) is 2.23. The third-order valence-corrected chi connectivity index (χ3v) is 2.53. The van der Waals surface area contributed by atoms with Crippen molar-refractivity contribution in [3.8, 4) is 11.3 Å². The first-order chi connectivity index (χ1) is 8.74. The Bertz CT molecular complexity index is 575. The summed E-state index contributed by atoms with van der Waals surface area (Å²) in [4.78, 5) is 22.7. The van der Waals surface area contributed by atoms with E-state index in [-0.39, 0.29) is 0 Å². The van der Waals surface area contributed by atoms with Crippen molar-refractivity contribution in [2.24, 2.45) is 0 Å². The van der Waals surface area contributed by atoms with Gasteiger partial charge in [-0.1, -0.05) is 11.6 Å². The molecule has 1 amide bonds. The van der Waals surface area contributed by atoms with E-state index < -0.39 is 0 Å². The Morgan fingerprint density at radius 2 is 2.11 bits per heavy atom. The van der Waals surface area contributed by atoms with Crippen LogP contribution in [0.2, 0.25) is 5.02 Å². The summed E-state index contributed by atoms with van der Waals surface area (Å²) in [6.45, 7) is 0. The largest absolute Gasteiger partial charge is 0.372 e. The van der Waals surface area contributed by atoms with E-state index in [2.05, 4.69) is 25.6 Å². The van der Waals surface area contributed by atoms with Gasteiger partial charge in [-0.2, -0.15) is 0 Å². The molecule has 0 bridgehead atoms. The van der Waals surface area contributed by atoms with E-state index in [0.717, 1.165) is 0 Å². The van der Waals surface area contributed by atoms with E-state index in [1.807, 2.05) is 0 Å². The van der Waals surface area contributed by atoms with Crippen LogP contribution in [0.5, 0.6) is 0 Å². The number of hydrogen-bond acceptors (Lipinski definition) is 5. The second-order valence-corrected chi connectivity index (χ2v) is 3.76. The van der Waals surface area contributed by atoms with E-state index in [0.29, 0.717) is 34.3 Å². The van der Waals surface area contributed by atoms with Gasteiger partial charge < -0.3 is 10.6 Å². The number of nitrogens with zero attached hydrogens (tertiary/aromatic N) is 3. The van der Waals surface area contributed by atoms with E-state index >= 15 is 0 Å². The second kappa shape index (κ2) is 5.42. The van der Waals surface area contributed by atoms with Gasteiger partial charge in [-0.3, -0.25) is 9.78 Å². The maximum atomic E-state index is 10.4. The first-order valence-corrected chi connectivity index (χ1v) is 5.48. The SMILES string of the molecule is CNc1cncc(-c2cc(NC=O)ncc2Cl)n1. The van der Waals surface area contributed by atoms with E-state index in [4.69, 9.17) is 11.6 Å². The van der Waals surface area contributed by atoms with Crippen LogP contribution >= 0.6 is 11.6 Å². The van der Waals surface area contributed by atoms with E-state index in [1.54, 1.807) is 25.5 Å². The predicted molar refractivity (Wildman–Crippen MR) is 69.5 cm³/mol. The minimum absolute atomic E-state index is 0.404. The average Bonchev–Trinajstić information content (AvgIpc) is 2.41. The van der Waals surface area contributed by atoms with Crippen LogP contribution in [-0.4, -0.2) is 28.4 Å². The summed E-state index contributed by atoms with van der Waals surface area (Å²) in [6, 6.07) is 1.64. The first-order valence-electron chi connectivity index (χ1n) is 5.10. The summed E-state index contributed by atoms with van der Waals surface area (Å²) in [5.41, 5.74) is 1.25. The molecule has 0 unspecified atom stereocenters. The summed E-state index contributed by atoms with van der Waals surface area (Å²) >= 11 is 6.06. The molecule has 2 aromatic heterocycles. The maximum Gasteiger partial charge on any atom is 0.212 e. The van der Waals surface area contributed by atoms with Crippen molar-refractivity contribution in [1.29, 1.82) is 0 Å². The van der Waals surface area contributed by atoms with Gasteiger partial charge in [0.05, 0.1) is 23.1 Å². The number of amides is 1. The molecule has 2 aromatic rings. The first kappa shape index (κ1) is 12.3.